The Morgan fingerprint density at radius 2 is 1.48 bits per heavy atom. The van der Waals surface area contributed by atoms with E-state index >= 15 is 8.78 Å². The van der Waals surface area contributed by atoms with E-state index < -0.39 is 96.5 Å². The summed E-state index contributed by atoms with van der Waals surface area (Å²) in [5, 5.41) is 24.1. The van der Waals surface area contributed by atoms with Gasteiger partial charge in [-0.15, -0.1) is 0 Å². The van der Waals surface area contributed by atoms with Gasteiger partial charge in [-0.05, 0) is 55.0 Å². The predicted octanol–water partition coefficient (Wildman–Crippen LogP) is 7.15. The number of nitrogens with zero attached hydrogens (tertiary/aromatic N) is 5. The zero-order valence-corrected chi connectivity index (χ0v) is 33.7. The number of rotatable bonds is 17. The maximum Gasteiger partial charge on any atom is 0.407 e. The Kier molecular flexibility index (Phi) is 15.3. The molecule has 2 aromatic heterocycles. The largest absolute Gasteiger partial charge is 0.453 e. The van der Waals surface area contributed by atoms with E-state index in [1.165, 1.54) is 30.5 Å². The summed E-state index contributed by atoms with van der Waals surface area (Å²) in [5.41, 5.74) is -1.01. The van der Waals surface area contributed by atoms with E-state index in [1.807, 2.05) is 5.32 Å². The molecule has 2 heterocycles. The van der Waals surface area contributed by atoms with Crippen molar-refractivity contribution in [3.8, 4) is 22.4 Å². The number of amides is 3. The number of halogens is 9. The van der Waals surface area contributed by atoms with Gasteiger partial charge >= 0.3 is 25.4 Å². The van der Waals surface area contributed by atoms with Crippen molar-refractivity contribution in [2.75, 3.05) is 13.7 Å². The van der Waals surface area contributed by atoms with Gasteiger partial charge in [0.2, 0.25) is 11.8 Å². The first kappa shape index (κ1) is 48.0. The van der Waals surface area contributed by atoms with Gasteiger partial charge < -0.3 is 20.5 Å². The highest BCUT2D eigenvalue weighted by molar-refractivity contribution is 5.87. The van der Waals surface area contributed by atoms with Crippen molar-refractivity contribution in [2.45, 2.75) is 91.5 Å². The fourth-order valence-electron chi connectivity index (χ4n) is 6.04. The number of aliphatic hydroxyl groups excluding tert-OH is 1. The summed E-state index contributed by atoms with van der Waals surface area (Å²) in [6, 6.07) is 4.82. The van der Waals surface area contributed by atoms with Crippen molar-refractivity contribution in [1.29, 1.82) is 0 Å². The Bertz CT molecular complexity index is 2110. The molecular formula is C39H45F9N8O5. The van der Waals surface area contributed by atoms with Gasteiger partial charge in [0.05, 0.1) is 36.6 Å². The fraction of sp³-hybridized carbons (Fsp3) is 0.462. The topological polar surface area (TPSA) is 156 Å². The highest BCUT2D eigenvalue weighted by Gasteiger charge is 2.56. The number of methoxy groups -OCH3 is 1. The molecule has 3 atom stereocenters. The van der Waals surface area contributed by atoms with Crippen LogP contribution in [0.2, 0.25) is 0 Å². The molecule has 4 rings (SSSR count). The normalized spacial score (nSPS) is 14.0. The van der Waals surface area contributed by atoms with Crippen LogP contribution in [0.3, 0.4) is 0 Å². The lowest BCUT2D eigenvalue weighted by Gasteiger charge is -2.37. The van der Waals surface area contributed by atoms with Gasteiger partial charge in [0, 0.05) is 48.6 Å². The van der Waals surface area contributed by atoms with Crippen molar-refractivity contribution >= 4 is 17.9 Å². The minimum Gasteiger partial charge on any atom is -0.453 e. The molecule has 0 fully saturated rings. The summed E-state index contributed by atoms with van der Waals surface area (Å²) >= 11 is 0. The number of carbonyl (C=O) groups is 3. The number of carbonyl (C=O) groups excluding carboxylic acids is 3. The number of alkyl carbamates (subject to hydrolysis) is 1. The summed E-state index contributed by atoms with van der Waals surface area (Å²) in [5.74, 6) is -4.48. The van der Waals surface area contributed by atoms with E-state index in [4.69, 9.17) is 0 Å². The van der Waals surface area contributed by atoms with Crippen LogP contribution in [0.25, 0.3) is 22.4 Å². The maximum atomic E-state index is 15.7. The Balaban J connectivity index is 1.72. The van der Waals surface area contributed by atoms with Crippen LogP contribution in [0.15, 0.2) is 61.1 Å². The lowest BCUT2D eigenvalue weighted by molar-refractivity contribution is -0.220. The smallest absolute Gasteiger partial charge is 0.407 e. The van der Waals surface area contributed by atoms with Gasteiger partial charge in [-0.3, -0.25) is 15.0 Å². The second-order valence-electron chi connectivity index (χ2n) is 15.9. The number of benzene rings is 2. The van der Waals surface area contributed by atoms with Crippen LogP contribution in [-0.2, 0) is 27.3 Å². The van der Waals surface area contributed by atoms with E-state index in [2.05, 4.69) is 25.7 Å². The van der Waals surface area contributed by atoms with Crippen molar-refractivity contribution in [3.63, 3.8) is 0 Å². The van der Waals surface area contributed by atoms with Crippen molar-refractivity contribution in [3.05, 3.63) is 83.8 Å². The lowest BCUT2D eigenvalue weighted by Crippen LogP contribution is -2.62. The van der Waals surface area contributed by atoms with Crippen LogP contribution >= 0.6 is 0 Å². The van der Waals surface area contributed by atoms with Crippen LogP contribution in [0, 0.1) is 22.5 Å². The highest BCUT2D eigenvalue weighted by Crippen LogP contribution is 2.40. The standard InChI is InChI=1S/C39H45F9N8O5/c1-37(2,3)16-31(58)53-54(19-25-26(40)14-23(15-27(25)41)28-11-12-55(52-28)34(42)43)20-30(57)29(50-33(59)32(51-36(60)61-6)38(4,5)39(46,47)48)13-21-7-9-22(10-8-21)24-17-49-56(18-24)35(44)45/h7-12,14-15,17-18,29-30,32,34-35,57H,13,16,19-20H2,1-6H3,(H,50,59)(H,51,60)(H,53,58). The number of nitrogens with one attached hydrogen (secondary N) is 3. The molecule has 0 saturated carbocycles. The highest BCUT2D eigenvalue weighted by atomic mass is 19.4. The first-order valence-corrected chi connectivity index (χ1v) is 18.5. The van der Waals surface area contributed by atoms with Crippen LogP contribution in [-0.4, -0.2) is 85.6 Å². The van der Waals surface area contributed by atoms with Gasteiger partial charge in [-0.1, -0.05) is 45.0 Å². The summed E-state index contributed by atoms with van der Waals surface area (Å²) < 4.78 is 132. The number of hydrazine groups is 1. The number of hydrogen-bond acceptors (Lipinski definition) is 8. The Morgan fingerprint density at radius 1 is 0.869 bits per heavy atom. The van der Waals surface area contributed by atoms with Gasteiger partial charge in [-0.25, -0.2) is 27.9 Å². The Morgan fingerprint density at radius 3 is 1.98 bits per heavy atom. The lowest BCUT2D eigenvalue weighted by atomic mass is 9.82. The van der Waals surface area contributed by atoms with Crippen LogP contribution < -0.4 is 16.1 Å². The van der Waals surface area contributed by atoms with E-state index in [1.54, 1.807) is 20.8 Å². The molecule has 61 heavy (non-hydrogen) atoms. The summed E-state index contributed by atoms with van der Waals surface area (Å²) in [4.78, 5) is 39.2. The minimum absolute atomic E-state index is 0.133. The Hall–Kier alpha value is -5.64. The molecule has 0 aliphatic heterocycles. The zero-order chi connectivity index (χ0) is 45.6. The summed E-state index contributed by atoms with van der Waals surface area (Å²) in [7, 11) is 0.863. The third kappa shape index (κ3) is 12.7. The number of aliphatic hydroxyl groups is 1. The zero-order valence-electron chi connectivity index (χ0n) is 33.7. The molecule has 334 valence electrons. The molecule has 4 N–H and O–H groups in total. The number of ether oxygens (including phenoxy) is 1. The van der Waals surface area contributed by atoms with Crippen molar-refractivity contribution in [1.82, 2.24) is 40.6 Å². The second-order valence-corrected chi connectivity index (χ2v) is 15.9. The van der Waals surface area contributed by atoms with Crippen molar-refractivity contribution < 1.29 is 63.7 Å². The molecule has 0 saturated heterocycles. The summed E-state index contributed by atoms with van der Waals surface area (Å²) in [6.07, 6.45) is -5.59. The van der Waals surface area contributed by atoms with Gasteiger partial charge in [0.1, 0.15) is 17.7 Å². The van der Waals surface area contributed by atoms with Gasteiger partial charge in [-0.2, -0.15) is 40.9 Å². The fourth-order valence-corrected chi connectivity index (χ4v) is 6.04. The quantitative estimate of drug-likeness (QED) is 0.0644. The van der Waals surface area contributed by atoms with E-state index in [0.717, 1.165) is 42.7 Å². The molecule has 13 nitrogen and oxygen atoms in total. The van der Waals surface area contributed by atoms with E-state index in [9.17, 15) is 50.2 Å². The van der Waals surface area contributed by atoms with Gasteiger partial charge in [0.25, 0.3) is 0 Å². The third-order valence-corrected chi connectivity index (χ3v) is 9.47. The monoisotopic (exact) mass is 876 g/mol. The average molecular weight is 877 g/mol. The molecule has 2 aromatic carbocycles. The minimum atomic E-state index is -5.07. The molecule has 0 aliphatic rings. The molecule has 0 spiro atoms. The Labute approximate surface area is 344 Å². The first-order valence-electron chi connectivity index (χ1n) is 18.5. The number of alkyl halides is 7. The molecule has 4 aromatic rings. The predicted molar refractivity (Wildman–Crippen MR) is 201 cm³/mol. The van der Waals surface area contributed by atoms with Crippen molar-refractivity contribution in [2.24, 2.45) is 10.8 Å². The molecule has 22 heteroatoms. The first-order chi connectivity index (χ1) is 28.3. The van der Waals surface area contributed by atoms with Crippen LogP contribution in [0.5, 0.6) is 0 Å². The molecular weight excluding hydrogens is 831 g/mol. The van der Waals surface area contributed by atoms with E-state index in [0.29, 0.717) is 35.2 Å². The molecule has 0 aliphatic carbocycles. The third-order valence-electron chi connectivity index (χ3n) is 9.47. The molecule has 3 unspecified atom stereocenters. The van der Waals surface area contributed by atoms with Gasteiger partial charge in [0.15, 0.2) is 0 Å². The molecule has 0 bridgehead atoms. The average Bonchev–Trinajstić information content (AvgIpc) is 3.85. The number of hydrogen-bond donors (Lipinski definition) is 4. The van der Waals surface area contributed by atoms with Crippen LogP contribution in [0.1, 0.15) is 65.3 Å². The van der Waals surface area contributed by atoms with E-state index in [-0.39, 0.29) is 28.8 Å². The SMILES string of the molecule is COC(=O)NC(C(=O)NC(Cc1ccc(-c2cnn(C(F)F)c2)cc1)C(O)CN(Cc1c(F)cc(-c2ccn(C(F)F)n2)cc1F)NC(=O)CC(C)(C)C)C(C)(C)C(F)(F)F. The van der Waals surface area contributed by atoms with Crippen LogP contribution in [0.4, 0.5) is 44.3 Å². The molecule has 0 radical (unpaired) electrons. The summed E-state index contributed by atoms with van der Waals surface area (Å²) in [6.45, 7) is -0.947. The number of aromatic nitrogens is 4. The maximum absolute atomic E-state index is 15.7. The second kappa shape index (κ2) is 19.4. The molecule has 3 amide bonds.